The number of nitrogens with one attached hydrogen (secondary N) is 1. The summed E-state index contributed by atoms with van der Waals surface area (Å²) in [4.78, 5) is 13.5. The van der Waals surface area contributed by atoms with Crippen molar-refractivity contribution in [3.05, 3.63) is 52.3 Å². The van der Waals surface area contributed by atoms with Gasteiger partial charge in [-0.1, -0.05) is 12.1 Å². The second kappa shape index (κ2) is 4.21. The molecule has 0 radical (unpaired) electrons. The number of H-pyrrole nitrogens is 1. The number of rotatable bonds is 1. The monoisotopic (exact) mass is 255 g/mol. The van der Waals surface area contributed by atoms with E-state index in [1.165, 1.54) is 24.3 Å². The third-order valence-electron chi connectivity index (χ3n) is 2.41. The first-order valence-electron chi connectivity index (χ1n) is 4.98. The largest absolute Gasteiger partial charge is 0.503 e. The molecule has 1 aromatic carbocycles. The first-order valence-corrected chi connectivity index (χ1v) is 4.98. The fourth-order valence-electron chi connectivity index (χ4n) is 1.47. The topological polar surface area (TPSA) is 53.1 Å². The lowest BCUT2D eigenvalue weighted by Gasteiger charge is -2.07. The number of aromatic hydroxyl groups is 1. The number of benzene rings is 1. The maximum Gasteiger partial charge on any atom is 0.416 e. The summed E-state index contributed by atoms with van der Waals surface area (Å²) >= 11 is 0. The number of aromatic amines is 1. The van der Waals surface area contributed by atoms with Gasteiger partial charge in [-0.2, -0.15) is 13.2 Å². The minimum absolute atomic E-state index is 0.339. The van der Waals surface area contributed by atoms with Gasteiger partial charge in [0, 0.05) is 5.69 Å². The Morgan fingerprint density at radius 1 is 1.00 bits per heavy atom. The Hall–Kier alpha value is -2.24. The van der Waals surface area contributed by atoms with E-state index in [1.54, 1.807) is 0 Å². The van der Waals surface area contributed by atoms with E-state index in [0.29, 0.717) is 11.3 Å². The number of hydrogen-bond donors (Lipinski definition) is 2. The average Bonchev–Trinajstić information content (AvgIpc) is 2.32. The zero-order valence-corrected chi connectivity index (χ0v) is 8.95. The summed E-state index contributed by atoms with van der Waals surface area (Å²) in [5.74, 6) is -0.439. The smallest absolute Gasteiger partial charge is 0.416 e. The van der Waals surface area contributed by atoms with Crippen molar-refractivity contribution in [3.8, 4) is 17.0 Å². The summed E-state index contributed by atoms with van der Waals surface area (Å²) in [6.45, 7) is 0. The van der Waals surface area contributed by atoms with E-state index < -0.39 is 23.0 Å². The van der Waals surface area contributed by atoms with Crippen LogP contribution in [0.5, 0.6) is 5.75 Å². The normalized spacial score (nSPS) is 11.5. The molecule has 3 nitrogen and oxygen atoms in total. The van der Waals surface area contributed by atoms with E-state index in [4.69, 9.17) is 5.11 Å². The van der Waals surface area contributed by atoms with Crippen LogP contribution in [0.2, 0.25) is 0 Å². The fourth-order valence-corrected chi connectivity index (χ4v) is 1.47. The molecule has 0 saturated carbocycles. The summed E-state index contributed by atoms with van der Waals surface area (Å²) in [5.41, 5.74) is -0.675. The molecule has 18 heavy (non-hydrogen) atoms. The molecule has 0 saturated heterocycles. The minimum Gasteiger partial charge on any atom is -0.503 e. The van der Waals surface area contributed by atoms with Gasteiger partial charge in [-0.05, 0) is 29.8 Å². The number of hydrogen-bond acceptors (Lipinski definition) is 2. The number of alkyl halides is 3. The molecule has 0 spiro atoms. The van der Waals surface area contributed by atoms with Crippen LogP contribution in [0.25, 0.3) is 11.3 Å². The quantitative estimate of drug-likeness (QED) is 0.823. The van der Waals surface area contributed by atoms with Crippen molar-refractivity contribution >= 4 is 0 Å². The summed E-state index contributed by atoms with van der Waals surface area (Å²) in [7, 11) is 0. The highest BCUT2D eigenvalue weighted by molar-refractivity contribution is 5.59. The SMILES string of the molecule is O=c1[nH]c(-c2ccc(C(F)(F)F)cc2)ccc1O. The van der Waals surface area contributed by atoms with Crippen LogP contribution in [0.3, 0.4) is 0 Å². The van der Waals surface area contributed by atoms with Crippen molar-refractivity contribution in [1.82, 2.24) is 4.98 Å². The molecule has 0 aliphatic rings. The molecular formula is C12H8F3NO2. The van der Waals surface area contributed by atoms with Crippen LogP contribution >= 0.6 is 0 Å². The Bertz CT molecular complexity index is 614. The molecule has 0 unspecified atom stereocenters. The average molecular weight is 255 g/mol. The second-order valence-electron chi connectivity index (χ2n) is 3.66. The van der Waals surface area contributed by atoms with Gasteiger partial charge in [0.15, 0.2) is 5.75 Å². The van der Waals surface area contributed by atoms with Crippen LogP contribution in [0.1, 0.15) is 5.56 Å². The van der Waals surface area contributed by atoms with Crippen LogP contribution in [0.4, 0.5) is 13.2 Å². The summed E-state index contributed by atoms with van der Waals surface area (Å²) in [6.07, 6.45) is -4.39. The van der Waals surface area contributed by atoms with E-state index in [2.05, 4.69) is 4.98 Å². The Labute approximate surface area is 99.5 Å². The highest BCUT2D eigenvalue weighted by atomic mass is 19.4. The van der Waals surface area contributed by atoms with Gasteiger partial charge in [0.2, 0.25) is 0 Å². The minimum atomic E-state index is -4.39. The van der Waals surface area contributed by atoms with Gasteiger partial charge in [-0.15, -0.1) is 0 Å². The summed E-state index contributed by atoms with van der Waals surface area (Å²) < 4.78 is 37.0. The van der Waals surface area contributed by atoms with Crippen LogP contribution in [0, 0.1) is 0 Å². The van der Waals surface area contributed by atoms with E-state index in [9.17, 15) is 18.0 Å². The van der Waals surface area contributed by atoms with E-state index in [0.717, 1.165) is 12.1 Å². The third-order valence-corrected chi connectivity index (χ3v) is 2.41. The Morgan fingerprint density at radius 3 is 2.11 bits per heavy atom. The van der Waals surface area contributed by atoms with E-state index in [1.807, 2.05) is 0 Å². The van der Waals surface area contributed by atoms with E-state index in [-0.39, 0.29) is 0 Å². The maximum atomic E-state index is 12.3. The summed E-state index contributed by atoms with van der Waals surface area (Å²) in [6, 6.07) is 6.97. The second-order valence-corrected chi connectivity index (χ2v) is 3.66. The third kappa shape index (κ3) is 2.37. The van der Waals surface area contributed by atoms with Gasteiger partial charge in [0.05, 0.1) is 5.56 Å². The molecule has 0 amide bonds. The summed E-state index contributed by atoms with van der Waals surface area (Å²) in [5, 5.41) is 9.05. The highest BCUT2D eigenvalue weighted by Crippen LogP contribution is 2.30. The number of aromatic nitrogens is 1. The molecule has 0 fully saturated rings. The number of pyridine rings is 1. The van der Waals surface area contributed by atoms with Crippen LogP contribution in [0.15, 0.2) is 41.2 Å². The highest BCUT2D eigenvalue weighted by Gasteiger charge is 2.29. The Morgan fingerprint density at radius 2 is 1.61 bits per heavy atom. The van der Waals surface area contributed by atoms with Crippen molar-refractivity contribution in [2.45, 2.75) is 6.18 Å². The van der Waals surface area contributed by atoms with Crippen LogP contribution in [-0.2, 0) is 6.18 Å². The van der Waals surface area contributed by atoms with Crippen molar-refractivity contribution < 1.29 is 18.3 Å². The van der Waals surface area contributed by atoms with Gasteiger partial charge >= 0.3 is 6.18 Å². The molecule has 6 heteroatoms. The molecular weight excluding hydrogens is 247 g/mol. The fraction of sp³-hybridized carbons (Fsp3) is 0.0833. The zero-order chi connectivity index (χ0) is 13.3. The van der Waals surface area contributed by atoms with Gasteiger partial charge in [0.1, 0.15) is 0 Å². The Balaban J connectivity index is 2.40. The Kier molecular flexibility index (Phi) is 2.86. The molecule has 2 aromatic rings. The lowest BCUT2D eigenvalue weighted by atomic mass is 10.1. The first-order chi connectivity index (χ1) is 8.38. The number of halogens is 3. The molecule has 2 N–H and O–H groups in total. The van der Waals surface area contributed by atoms with Crippen LogP contribution in [-0.4, -0.2) is 10.1 Å². The molecule has 0 bridgehead atoms. The molecule has 0 aliphatic heterocycles. The first kappa shape index (κ1) is 12.2. The van der Waals surface area contributed by atoms with Crippen LogP contribution < -0.4 is 5.56 Å². The molecule has 1 aromatic heterocycles. The lowest BCUT2D eigenvalue weighted by Crippen LogP contribution is -2.06. The molecule has 1 heterocycles. The van der Waals surface area contributed by atoms with Gasteiger partial charge < -0.3 is 10.1 Å². The molecule has 0 aliphatic carbocycles. The van der Waals surface area contributed by atoms with Crippen molar-refractivity contribution in [1.29, 1.82) is 0 Å². The van der Waals surface area contributed by atoms with Gasteiger partial charge in [0.25, 0.3) is 5.56 Å². The van der Waals surface area contributed by atoms with Crippen molar-refractivity contribution in [2.75, 3.05) is 0 Å². The standard InChI is InChI=1S/C12H8F3NO2/c13-12(14,15)8-3-1-7(2-4-8)9-5-6-10(17)11(18)16-9/h1-6,17H,(H,16,18). The zero-order valence-electron chi connectivity index (χ0n) is 8.95. The van der Waals surface area contributed by atoms with Crippen molar-refractivity contribution in [2.24, 2.45) is 0 Å². The predicted octanol–water partition coefficient (Wildman–Crippen LogP) is 2.77. The van der Waals surface area contributed by atoms with Crippen molar-refractivity contribution in [3.63, 3.8) is 0 Å². The van der Waals surface area contributed by atoms with Gasteiger partial charge in [-0.25, -0.2) is 0 Å². The predicted molar refractivity (Wildman–Crippen MR) is 59.2 cm³/mol. The molecule has 94 valence electrons. The lowest BCUT2D eigenvalue weighted by molar-refractivity contribution is -0.137. The van der Waals surface area contributed by atoms with E-state index >= 15 is 0 Å². The molecule has 0 atom stereocenters. The maximum absolute atomic E-state index is 12.3. The molecule has 2 rings (SSSR count). The van der Waals surface area contributed by atoms with Gasteiger partial charge in [-0.3, -0.25) is 4.79 Å².